The van der Waals surface area contributed by atoms with E-state index < -0.39 is 5.97 Å². The molecule has 2 aromatic rings. The third-order valence-corrected chi connectivity index (χ3v) is 2.61. The first-order chi connectivity index (χ1) is 7.18. The lowest BCUT2D eigenvalue weighted by Gasteiger charge is -1.99. The summed E-state index contributed by atoms with van der Waals surface area (Å²) in [6.45, 7) is 0. The molecule has 0 aromatic carbocycles. The van der Waals surface area contributed by atoms with Crippen LogP contribution in [0, 0.1) is 0 Å². The van der Waals surface area contributed by atoms with Crippen molar-refractivity contribution < 1.29 is 9.90 Å². The Bertz CT molecular complexity index is 509. The first kappa shape index (κ1) is 10.1. The highest BCUT2D eigenvalue weighted by molar-refractivity contribution is 9.10. The topological polar surface area (TPSA) is 67.5 Å². The second-order valence-electron chi connectivity index (χ2n) is 3.08. The molecule has 0 aliphatic rings. The van der Waals surface area contributed by atoms with Crippen LogP contribution in [0.3, 0.4) is 0 Å². The van der Waals surface area contributed by atoms with Crippen molar-refractivity contribution in [2.75, 3.05) is 0 Å². The number of aromatic nitrogens is 3. The van der Waals surface area contributed by atoms with Crippen molar-refractivity contribution in [1.29, 1.82) is 0 Å². The van der Waals surface area contributed by atoms with Gasteiger partial charge < -0.3 is 5.11 Å². The molecule has 1 N–H and O–H groups in total. The highest BCUT2D eigenvalue weighted by Crippen LogP contribution is 2.16. The molecule has 0 unspecified atom stereocenters. The average Bonchev–Trinajstić information content (AvgIpc) is 2.59. The molecule has 0 bridgehead atoms. The van der Waals surface area contributed by atoms with E-state index in [1.54, 1.807) is 23.1 Å². The van der Waals surface area contributed by atoms with Crippen LogP contribution in [0.15, 0.2) is 23.2 Å². The van der Waals surface area contributed by atoms with Crippen molar-refractivity contribution in [3.05, 3.63) is 28.9 Å². The Morgan fingerprint density at radius 2 is 2.33 bits per heavy atom. The maximum absolute atomic E-state index is 10.4. The standard InChI is InChI=1S/C9H8BrN3O2/c10-7-4-11-5-13-6(1-2-8(14)15)3-12-9(7)13/h3-5H,1-2H2,(H,14,15). The summed E-state index contributed by atoms with van der Waals surface area (Å²) in [6, 6.07) is 0. The SMILES string of the molecule is O=C(O)CCc1cnc2c(Br)cncn12. The van der Waals surface area contributed by atoms with Crippen LogP contribution in [0.25, 0.3) is 5.65 Å². The van der Waals surface area contributed by atoms with E-state index in [2.05, 4.69) is 25.9 Å². The van der Waals surface area contributed by atoms with Gasteiger partial charge in [-0.25, -0.2) is 9.97 Å². The minimum absolute atomic E-state index is 0.0975. The molecule has 2 heterocycles. The Hall–Kier alpha value is -1.43. The van der Waals surface area contributed by atoms with Gasteiger partial charge >= 0.3 is 5.97 Å². The molecule has 5 nitrogen and oxygen atoms in total. The zero-order valence-electron chi connectivity index (χ0n) is 7.72. The predicted octanol–water partition coefficient (Wildman–Crippen LogP) is 1.51. The fourth-order valence-corrected chi connectivity index (χ4v) is 1.76. The quantitative estimate of drug-likeness (QED) is 0.917. The fraction of sp³-hybridized carbons (Fsp3) is 0.222. The number of imidazole rings is 1. The van der Waals surface area contributed by atoms with Crippen molar-refractivity contribution in [2.45, 2.75) is 12.8 Å². The third-order valence-electron chi connectivity index (χ3n) is 2.05. The van der Waals surface area contributed by atoms with E-state index in [1.807, 2.05) is 0 Å². The molecule has 0 saturated heterocycles. The van der Waals surface area contributed by atoms with E-state index in [4.69, 9.17) is 5.11 Å². The lowest BCUT2D eigenvalue weighted by Crippen LogP contribution is -2.00. The van der Waals surface area contributed by atoms with Gasteiger partial charge in [0, 0.05) is 24.5 Å². The number of fused-ring (bicyclic) bond motifs is 1. The number of carboxylic acid groups (broad SMARTS) is 1. The van der Waals surface area contributed by atoms with Crippen molar-refractivity contribution in [2.24, 2.45) is 0 Å². The van der Waals surface area contributed by atoms with Gasteiger partial charge in [0.2, 0.25) is 0 Å². The zero-order valence-corrected chi connectivity index (χ0v) is 9.31. The van der Waals surface area contributed by atoms with Crippen molar-refractivity contribution in [3.63, 3.8) is 0 Å². The number of carbonyl (C=O) groups is 1. The molecule has 0 fully saturated rings. The molecular weight excluding hydrogens is 262 g/mol. The molecule has 0 spiro atoms. The average molecular weight is 270 g/mol. The lowest BCUT2D eigenvalue weighted by molar-refractivity contribution is -0.136. The van der Waals surface area contributed by atoms with E-state index in [0.717, 1.165) is 15.8 Å². The van der Waals surface area contributed by atoms with Gasteiger partial charge in [-0.1, -0.05) is 0 Å². The van der Waals surface area contributed by atoms with Crippen LogP contribution in [0.1, 0.15) is 12.1 Å². The van der Waals surface area contributed by atoms with Crippen LogP contribution in [-0.4, -0.2) is 25.4 Å². The van der Waals surface area contributed by atoms with Crippen molar-refractivity contribution in [1.82, 2.24) is 14.4 Å². The number of halogens is 1. The summed E-state index contributed by atoms with van der Waals surface area (Å²) in [5, 5.41) is 8.58. The second kappa shape index (κ2) is 3.98. The van der Waals surface area contributed by atoms with Crippen LogP contribution in [0.5, 0.6) is 0 Å². The van der Waals surface area contributed by atoms with Crippen LogP contribution < -0.4 is 0 Å². The summed E-state index contributed by atoms with van der Waals surface area (Å²) in [7, 11) is 0. The minimum atomic E-state index is -0.812. The predicted molar refractivity (Wildman–Crippen MR) is 56.6 cm³/mol. The van der Waals surface area contributed by atoms with Gasteiger partial charge in [0.25, 0.3) is 0 Å². The number of nitrogens with zero attached hydrogens (tertiary/aromatic N) is 3. The van der Waals surface area contributed by atoms with E-state index in [9.17, 15) is 4.79 Å². The molecule has 6 heteroatoms. The van der Waals surface area contributed by atoms with Crippen LogP contribution in [-0.2, 0) is 11.2 Å². The molecule has 0 aliphatic heterocycles. The molecule has 78 valence electrons. The Labute approximate surface area is 93.9 Å². The van der Waals surface area contributed by atoms with Gasteiger partial charge in [-0.15, -0.1) is 0 Å². The summed E-state index contributed by atoms with van der Waals surface area (Å²) in [5.74, 6) is -0.812. The van der Waals surface area contributed by atoms with Crippen LogP contribution in [0.4, 0.5) is 0 Å². The lowest BCUT2D eigenvalue weighted by atomic mass is 10.2. The van der Waals surface area contributed by atoms with Gasteiger partial charge in [-0.05, 0) is 15.9 Å². The second-order valence-corrected chi connectivity index (χ2v) is 3.93. The molecule has 0 radical (unpaired) electrons. The monoisotopic (exact) mass is 269 g/mol. The van der Waals surface area contributed by atoms with Gasteiger partial charge in [-0.3, -0.25) is 9.20 Å². The Morgan fingerprint density at radius 1 is 1.53 bits per heavy atom. The molecule has 0 aliphatic carbocycles. The van der Waals surface area contributed by atoms with Crippen LogP contribution in [0.2, 0.25) is 0 Å². The largest absolute Gasteiger partial charge is 0.481 e. The molecule has 0 saturated carbocycles. The third kappa shape index (κ3) is 1.99. The maximum atomic E-state index is 10.4. The number of rotatable bonds is 3. The molecule has 15 heavy (non-hydrogen) atoms. The Morgan fingerprint density at radius 3 is 3.07 bits per heavy atom. The highest BCUT2D eigenvalue weighted by Gasteiger charge is 2.07. The van der Waals surface area contributed by atoms with Crippen molar-refractivity contribution >= 4 is 27.5 Å². The number of aliphatic carboxylic acids is 1. The normalized spacial score (nSPS) is 10.7. The summed E-state index contributed by atoms with van der Waals surface area (Å²) in [5.41, 5.74) is 1.60. The number of carboxylic acids is 1. The first-order valence-electron chi connectivity index (χ1n) is 4.35. The summed E-state index contributed by atoms with van der Waals surface area (Å²) in [6.07, 6.45) is 5.51. The molecule has 2 rings (SSSR count). The molecule has 2 aromatic heterocycles. The molecule has 0 atom stereocenters. The summed E-state index contributed by atoms with van der Waals surface area (Å²) < 4.78 is 2.58. The fourth-order valence-electron chi connectivity index (χ4n) is 1.34. The van der Waals surface area contributed by atoms with E-state index >= 15 is 0 Å². The first-order valence-corrected chi connectivity index (χ1v) is 5.15. The molecule has 0 amide bonds. The van der Waals surface area contributed by atoms with Gasteiger partial charge in [0.05, 0.1) is 10.9 Å². The Balaban J connectivity index is 2.37. The van der Waals surface area contributed by atoms with E-state index in [1.165, 1.54) is 0 Å². The summed E-state index contributed by atoms with van der Waals surface area (Å²) in [4.78, 5) is 18.6. The molecular formula is C9H8BrN3O2. The van der Waals surface area contributed by atoms with E-state index in [-0.39, 0.29) is 6.42 Å². The van der Waals surface area contributed by atoms with Crippen molar-refractivity contribution in [3.8, 4) is 0 Å². The zero-order chi connectivity index (χ0) is 10.8. The summed E-state index contributed by atoms with van der Waals surface area (Å²) >= 11 is 3.33. The van der Waals surface area contributed by atoms with Gasteiger partial charge in [0.1, 0.15) is 6.33 Å². The maximum Gasteiger partial charge on any atom is 0.303 e. The van der Waals surface area contributed by atoms with Crippen LogP contribution >= 0.6 is 15.9 Å². The highest BCUT2D eigenvalue weighted by atomic mass is 79.9. The van der Waals surface area contributed by atoms with Gasteiger partial charge in [-0.2, -0.15) is 0 Å². The van der Waals surface area contributed by atoms with Gasteiger partial charge in [0.15, 0.2) is 5.65 Å². The number of aryl methyl sites for hydroxylation is 1. The smallest absolute Gasteiger partial charge is 0.303 e. The van der Waals surface area contributed by atoms with E-state index in [0.29, 0.717) is 6.42 Å². The number of hydrogen-bond donors (Lipinski definition) is 1. The number of hydrogen-bond acceptors (Lipinski definition) is 3. The Kier molecular flexibility index (Phi) is 2.68. The minimum Gasteiger partial charge on any atom is -0.481 e.